The van der Waals surface area contributed by atoms with Crippen molar-refractivity contribution in [2.75, 3.05) is 34.4 Å². The number of rotatable bonds is 11. The number of benzene rings is 2. The fourth-order valence-corrected chi connectivity index (χ4v) is 5.29. The maximum Gasteiger partial charge on any atom is 0.337 e. The zero-order chi connectivity index (χ0) is 26.3. The summed E-state index contributed by atoms with van der Waals surface area (Å²) in [5, 5.41) is 12.0. The van der Waals surface area contributed by atoms with Crippen molar-refractivity contribution < 1.29 is 45.3 Å². The fraction of sp³-hybridized carbons (Fsp3) is 0.467. The summed E-state index contributed by atoms with van der Waals surface area (Å²) in [6, 6.07) is 16.8. The van der Waals surface area contributed by atoms with Gasteiger partial charge in [0.25, 0.3) is 0 Å². The molecule has 0 bridgehead atoms. The van der Waals surface area contributed by atoms with Crippen LogP contribution in [0.4, 0.5) is 0 Å². The quantitative estimate of drug-likeness (QED) is 0.211. The van der Waals surface area contributed by atoms with Crippen LogP contribution in [-0.4, -0.2) is 54.9 Å². The van der Waals surface area contributed by atoms with E-state index in [1.54, 1.807) is 30.5 Å². The minimum absolute atomic E-state index is 0. The Labute approximate surface area is 236 Å². The fourth-order valence-electron chi connectivity index (χ4n) is 5.29. The molecular formula is C30H39BrN2O5. The molecule has 0 amide bonds. The predicted molar refractivity (Wildman–Crippen MR) is 141 cm³/mol. The van der Waals surface area contributed by atoms with Gasteiger partial charge >= 0.3 is 5.97 Å². The Morgan fingerprint density at radius 2 is 1.76 bits per heavy atom. The van der Waals surface area contributed by atoms with Crippen molar-refractivity contribution in [3.8, 4) is 5.75 Å². The summed E-state index contributed by atoms with van der Waals surface area (Å²) in [5.74, 6) is 1.63. The molecule has 1 aromatic heterocycles. The predicted octanol–water partition coefficient (Wildman–Crippen LogP) is 2.33. The first-order valence-electron chi connectivity index (χ1n) is 13.2. The van der Waals surface area contributed by atoms with Gasteiger partial charge in [-0.1, -0.05) is 49.6 Å². The van der Waals surface area contributed by atoms with Crippen molar-refractivity contribution in [2.24, 2.45) is 5.92 Å². The number of methoxy groups -OCH3 is 1. The van der Waals surface area contributed by atoms with Crippen LogP contribution in [0.1, 0.15) is 66.1 Å². The molecule has 0 unspecified atom stereocenters. The summed E-state index contributed by atoms with van der Waals surface area (Å²) >= 11 is 0. The molecule has 1 N–H and O–H groups in total. The first kappa shape index (κ1) is 29.9. The van der Waals surface area contributed by atoms with Gasteiger partial charge in [0.05, 0.1) is 46.1 Å². The summed E-state index contributed by atoms with van der Waals surface area (Å²) in [7, 11) is 5.67. The lowest BCUT2D eigenvalue weighted by molar-refractivity contribution is -0.904. The lowest BCUT2D eigenvalue weighted by Crippen LogP contribution is -3.00. The first-order valence-corrected chi connectivity index (χ1v) is 13.2. The van der Waals surface area contributed by atoms with E-state index in [0.717, 1.165) is 55.7 Å². The van der Waals surface area contributed by atoms with Crippen molar-refractivity contribution in [2.45, 2.75) is 50.7 Å². The maximum atomic E-state index is 12.0. The smallest absolute Gasteiger partial charge is 0.337 e. The molecule has 3 aromatic rings. The third-order valence-corrected chi connectivity index (χ3v) is 7.33. The highest BCUT2D eigenvalue weighted by Crippen LogP contribution is 2.43. The number of nitrogens with zero attached hydrogens (tertiary/aromatic N) is 2. The molecule has 0 spiro atoms. The average molecular weight is 588 g/mol. The minimum atomic E-state index is -1.21. The van der Waals surface area contributed by atoms with Crippen LogP contribution in [0.3, 0.4) is 0 Å². The Bertz CT molecular complexity index is 1140. The molecule has 7 nitrogen and oxygen atoms in total. The van der Waals surface area contributed by atoms with Gasteiger partial charge in [-0.05, 0) is 42.7 Å². The van der Waals surface area contributed by atoms with Crippen LogP contribution in [0.5, 0.6) is 5.75 Å². The van der Waals surface area contributed by atoms with E-state index in [2.05, 4.69) is 19.1 Å². The van der Waals surface area contributed by atoms with E-state index in [0.29, 0.717) is 29.1 Å². The number of hydrogen-bond donors (Lipinski definition) is 1. The number of oxazole rings is 1. The molecule has 1 aliphatic carbocycles. The van der Waals surface area contributed by atoms with Gasteiger partial charge in [-0.3, -0.25) is 0 Å². The Morgan fingerprint density at radius 3 is 2.42 bits per heavy atom. The summed E-state index contributed by atoms with van der Waals surface area (Å²) < 4.78 is 17.5. The van der Waals surface area contributed by atoms with E-state index in [-0.39, 0.29) is 28.9 Å². The van der Waals surface area contributed by atoms with Crippen molar-refractivity contribution in [3.63, 3.8) is 0 Å². The number of halogens is 1. The van der Waals surface area contributed by atoms with Crippen LogP contribution < -0.4 is 21.7 Å². The van der Waals surface area contributed by atoms with Crippen LogP contribution >= 0.6 is 0 Å². The summed E-state index contributed by atoms with van der Waals surface area (Å²) in [6.45, 7) is 2.11. The number of carbonyl (C=O) groups excluding carboxylic acids is 1. The molecule has 0 aliphatic heterocycles. The van der Waals surface area contributed by atoms with Crippen LogP contribution in [0.2, 0.25) is 0 Å². The Hall–Kier alpha value is -2.68. The van der Waals surface area contributed by atoms with Gasteiger partial charge in [0, 0.05) is 12.3 Å². The monoisotopic (exact) mass is 586 g/mol. The highest BCUT2D eigenvalue weighted by Gasteiger charge is 2.44. The van der Waals surface area contributed by atoms with Gasteiger partial charge in [-0.25, -0.2) is 9.78 Å². The van der Waals surface area contributed by atoms with Crippen LogP contribution in [0.15, 0.2) is 65.2 Å². The number of quaternary nitrogens is 1. The second-order valence-corrected chi connectivity index (χ2v) is 10.6. The third kappa shape index (κ3) is 7.24. The van der Waals surface area contributed by atoms with Gasteiger partial charge in [0.15, 0.2) is 11.4 Å². The highest BCUT2D eigenvalue weighted by atomic mass is 79.9. The normalized spacial score (nSPS) is 15.8. The van der Waals surface area contributed by atoms with Crippen molar-refractivity contribution >= 4 is 5.97 Å². The van der Waals surface area contributed by atoms with E-state index in [1.165, 1.54) is 13.5 Å². The molecular weight excluding hydrogens is 548 g/mol. The number of aliphatic hydroxyl groups is 1. The summed E-state index contributed by atoms with van der Waals surface area (Å²) in [6.07, 6.45) is 8.01. The summed E-state index contributed by atoms with van der Waals surface area (Å²) in [4.78, 5) is 16.2. The maximum absolute atomic E-state index is 12.0. The zero-order valence-corrected chi connectivity index (χ0v) is 24.2. The van der Waals surface area contributed by atoms with E-state index in [4.69, 9.17) is 13.9 Å². The van der Waals surface area contributed by atoms with E-state index in [1.807, 2.05) is 30.3 Å². The molecule has 1 saturated carbocycles. The topological polar surface area (TPSA) is 81.8 Å². The highest BCUT2D eigenvalue weighted by molar-refractivity contribution is 5.89. The first-order chi connectivity index (χ1) is 17.8. The minimum Gasteiger partial charge on any atom is -1.00 e. The number of ether oxygens (including phenoxy) is 2. The van der Waals surface area contributed by atoms with Crippen molar-refractivity contribution in [3.05, 3.63) is 83.6 Å². The molecule has 8 heteroatoms. The average Bonchev–Trinajstić information content (AvgIpc) is 3.39. The number of hydrogen-bond acceptors (Lipinski definition) is 6. The summed E-state index contributed by atoms with van der Waals surface area (Å²) in [5.41, 5.74) is 0.136. The van der Waals surface area contributed by atoms with E-state index >= 15 is 0 Å². The number of esters is 1. The second kappa shape index (κ2) is 13.4. The molecule has 38 heavy (non-hydrogen) atoms. The van der Waals surface area contributed by atoms with Crippen LogP contribution in [-0.2, 0) is 16.9 Å². The number of aromatic nitrogens is 1. The molecule has 1 aliphatic rings. The standard InChI is InChI=1S/C30H39N2O5.BrH/c1-32(2,19-10-20-36-26-17-15-23(16-18-26)28(33)35-3)22-27-21-31-29(37-27)30(34,24-11-6-4-7-12-24)25-13-8-5-9-14-25;/h4,6-7,11-12,15-18,21,25,34H,5,8-10,13-14,19-20,22H2,1-3H3;1H/q+1;/p-1/t30-;/m0./s1. The molecule has 0 radical (unpaired) electrons. The van der Waals surface area contributed by atoms with Gasteiger partial charge < -0.3 is 40.5 Å². The molecule has 1 heterocycles. The molecule has 206 valence electrons. The Morgan fingerprint density at radius 1 is 1.08 bits per heavy atom. The molecule has 2 aromatic carbocycles. The van der Waals surface area contributed by atoms with Gasteiger partial charge in [0.2, 0.25) is 5.89 Å². The Kier molecular flexibility index (Phi) is 10.5. The van der Waals surface area contributed by atoms with Gasteiger partial charge in [-0.2, -0.15) is 0 Å². The molecule has 1 atom stereocenters. The van der Waals surface area contributed by atoms with E-state index in [9.17, 15) is 9.90 Å². The lowest BCUT2D eigenvalue weighted by Gasteiger charge is -2.36. The molecule has 4 rings (SSSR count). The zero-order valence-electron chi connectivity index (χ0n) is 22.6. The molecule has 1 fully saturated rings. The Balaban J connectivity index is 0.00000400. The lowest BCUT2D eigenvalue weighted by atomic mass is 9.73. The van der Waals surface area contributed by atoms with E-state index < -0.39 is 5.60 Å². The number of carbonyl (C=O) groups is 1. The largest absolute Gasteiger partial charge is 1.00 e. The molecule has 0 saturated heterocycles. The van der Waals surface area contributed by atoms with Crippen molar-refractivity contribution in [1.29, 1.82) is 0 Å². The third-order valence-electron chi connectivity index (χ3n) is 7.33. The van der Waals surface area contributed by atoms with Gasteiger partial charge in [0.1, 0.15) is 12.3 Å². The van der Waals surface area contributed by atoms with Crippen LogP contribution in [0, 0.1) is 5.92 Å². The van der Waals surface area contributed by atoms with Crippen LogP contribution in [0.25, 0.3) is 0 Å². The SMILES string of the molecule is COC(=O)c1ccc(OCCC[N+](C)(C)Cc2cnc([C@](O)(c3ccccc3)C3CCCCC3)o2)cc1.[Br-]. The second-order valence-electron chi connectivity index (χ2n) is 10.6. The van der Waals surface area contributed by atoms with Gasteiger partial charge in [-0.15, -0.1) is 0 Å². The van der Waals surface area contributed by atoms with Crippen molar-refractivity contribution in [1.82, 2.24) is 4.98 Å².